The van der Waals surface area contributed by atoms with E-state index in [2.05, 4.69) is 60.1 Å². The Balaban J connectivity index is 0.815. The lowest BCUT2D eigenvalue weighted by atomic mass is 9.88. The van der Waals surface area contributed by atoms with Gasteiger partial charge < -0.3 is 29.4 Å². The van der Waals surface area contributed by atoms with Crippen LogP contribution in [0.1, 0.15) is 98.5 Å². The van der Waals surface area contributed by atoms with Crippen LogP contribution in [0.5, 0.6) is 5.75 Å². The average molecular weight is 867 g/mol. The molecular weight excluding hydrogens is 817 g/mol. The number of rotatable bonds is 13. The maximum atomic E-state index is 13.7. The number of aryl methyl sites for hydroxylation is 3. The maximum absolute atomic E-state index is 13.7. The molecule has 15 heteroatoms. The fourth-order valence-electron chi connectivity index (χ4n) is 8.16. The Kier molecular flexibility index (Phi) is 11.6. The van der Waals surface area contributed by atoms with E-state index in [1.807, 2.05) is 19.1 Å². The van der Waals surface area contributed by atoms with Gasteiger partial charge in [0.15, 0.2) is 10.9 Å². The number of hydrogen-bond acceptors (Lipinski definition) is 9. The Morgan fingerprint density at radius 3 is 2.56 bits per heavy atom. The monoisotopic (exact) mass is 866 g/mol. The number of nitrogens with zero attached hydrogens (tertiary/aromatic N) is 6. The van der Waals surface area contributed by atoms with E-state index >= 15 is 0 Å². The van der Waals surface area contributed by atoms with Crippen molar-refractivity contribution in [2.24, 2.45) is 24.5 Å². The third-order valence-electron chi connectivity index (χ3n) is 11.2. The third kappa shape index (κ3) is 9.33. The van der Waals surface area contributed by atoms with Gasteiger partial charge in [-0.2, -0.15) is 0 Å². The number of carbonyl (C=O) groups excluding carboxylic acids is 5. The zero-order valence-corrected chi connectivity index (χ0v) is 37.1. The van der Waals surface area contributed by atoms with E-state index in [9.17, 15) is 24.0 Å². The van der Waals surface area contributed by atoms with Crippen molar-refractivity contribution in [1.82, 2.24) is 23.6 Å². The highest BCUT2D eigenvalue weighted by Crippen LogP contribution is 2.35. The number of carbonyl (C=O) groups is 5. The third-order valence-corrected chi connectivity index (χ3v) is 11.9. The average Bonchev–Trinajstić information content (AvgIpc) is 4.06. The molecule has 0 unspecified atom stereocenters. The van der Waals surface area contributed by atoms with Gasteiger partial charge in [-0.25, -0.2) is 4.98 Å². The van der Waals surface area contributed by atoms with Crippen molar-refractivity contribution >= 4 is 74.4 Å². The molecule has 1 atom stereocenters. The molecule has 0 bridgehead atoms. The maximum Gasteiger partial charge on any atom is 0.279 e. The standard InChI is InChI=1S/C48H50N8O6S/c1-28-15-34-23-49-36-21-42(29(2)16-35(36)45(60)56(34)24-28)62-14-8-9-43(58)52-47-51-37(27-63-47)41(57)19-31-18-39(53(6)25-31)44(59)50-33-20-40(54(7)26-33)46(61)55-13-12-32-17-30(10-11-38(32)55)22-48(3,4)5/h10-13,16-18,20-21,23,25-27,34H,1,8-9,14-15,19,22,24H2,2-7H3,(H,50,59)(H,51,52,58)/t34-/m0/s1. The van der Waals surface area contributed by atoms with Crippen LogP contribution in [0.25, 0.3) is 10.9 Å². The van der Waals surface area contributed by atoms with Crippen LogP contribution in [-0.4, -0.2) is 78.4 Å². The summed E-state index contributed by atoms with van der Waals surface area (Å²) in [5.41, 5.74) is 7.10. The Bertz CT molecular complexity index is 2870. The first-order valence-electron chi connectivity index (χ1n) is 20.8. The van der Waals surface area contributed by atoms with Crippen molar-refractivity contribution in [2.45, 2.75) is 65.8 Å². The SMILES string of the molecule is C=C1C[C@H]2C=Nc3cc(OCCCC(=O)Nc4nc(C(=O)Cc5cc(C(=O)Nc6cc(C(=O)n7ccc8cc(CC(C)(C)C)ccc87)n(C)c6)n(C)c5)cs4)c(C)cc3C(=O)N2C1. The van der Waals surface area contributed by atoms with Gasteiger partial charge in [0, 0.05) is 75.1 Å². The van der Waals surface area contributed by atoms with E-state index in [0.29, 0.717) is 64.2 Å². The first-order chi connectivity index (χ1) is 30.0. The van der Waals surface area contributed by atoms with E-state index < -0.39 is 5.91 Å². The van der Waals surface area contributed by atoms with Crippen molar-refractivity contribution in [2.75, 3.05) is 23.8 Å². The molecule has 14 nitrogen and oxygen atoms in total. The molecule has 0 saturated carbocycles. The number of amides is 3. The van der Waals surface area contributed by atoms with Crippen molar-refractivity contribution in [3.05, 3.63) is 124 Å². The quantitative estimate of drug-likeness (QED) is 0.0670. The fourth-order valence-corrected chi connectivity index (χ4v) is 8.89. The van der Waals surface area contributed by atoms with Crippen LogP contribution in [0, 0.1) is 12.3 Å². The van der Waals surface area contributed by atoms with E-state index in [4.69, 9.17) is 4.74 Å². The van der Waals surface area contributed by atoms with E-state index in [0.717, 1.165) is 39.8 Å². The normalized spacial score (nSPS) is 14.8. The van der Waals surface area contributed by atoms with Crippen molar-refractivity contribution in [3.63, 3.8) is 0 Å². The van der Waals surface area contributed by atoms with Crippen LogP contribution < -0.4 is 15.4 Å². The minimum absolute atomic E-state index is 0.00172. The largest absolute Gasteiger partial charge is 0.493 e. The van der Waals surface area contributed by atoms with Crippen LogP contribution >= 0.6 is 11.3 Å². The van der Waals surface area contributed by atoms with Crippen LogP contribution in [0.2, 0.25) is 0 Å². The van der Waals surface area contributed by atoms with Gasteiger partial charge in [0.25, 0.3) is 17.7 Å². The number of fused-ring (bicyclic) bond motifs is 3. The topological polar surface area (TPSA) is 162 Å². The Morgan fingerprint density at radius 2 is 1.76 bits per heavy atom. The number of thiazole rings is 1. The number of ether oxygens (including phenoxy) is 1. The molecule has 0 aliphatic carbocycles. The molecule has 0 spiro atoms. The fraction of sp³-hybridized carbons (Fsp3) is 0.312. The van der Waals surface area contributed by atoms with Gasteiger partial charge in [-0.1, -0.05) is 39.0 Å². The highest BCUT2D eigenvalue weighted by Gasteiger charge is 2.34. The van der Waals surface area contributed by atoms with Crippen LogP contribution in [0.4, 0.5) is 16.5 Å². The first-order valence-corrected chi connectivity index (χ1v) is 21.7. The Hall–Kier alpha value is -6.87. The van der Waals surface area contributed by atoms with E-state index in [1.54, 1.807) is 87.1 Å². The van der Waals surface area contributed by atoms with E-state index in [-0.39, 0.29) is 60.1 Å². The van der Waals surface area contributed by atoms with Crippen molar-refractivity contribution in [3.8, 4) is 5.75 Å². The number of aliphatic imine (C=N–C) groups is 1. The number of ketones is 1. The molecule has 1 saturated heterocycles. The summed E-state index contributed by atoms with van der Waals surface area (Å²) in [7, 11) is 3.48. The van der Waals surface area contributed by atoms with Crippen LogP contribution in [0.15, 0.2) is 89.6 Å². The number of benzene rings is 2. The smallest absolute Gasteiger partial charge is 0.279 e. The molecule has 2 aliphatic rings. The zero-order valence-electron chi connectivity index (χ0n) is 36.3. The molecule has 6 aromatic rings. The van der Waals surface area contributed by atoms with Crippen LogP contribution in [-0.2, 0) is 31.7 Å². The Labute approximate surface area is 369 Å². The summed E-state index contributed by atoms with van der Waals surface area (Å²) in [4.78, 5) is 77.1. The summed E-state index contributed by atoms with van der Waals surface area (Å²) in [6, 6.07) is 14.9. The van der Waals surface area contributed by atoms with Crippen LogP contribution in [0.3, 0.4) is 0 Å². The summed E-state index contributed by atoms with van der Waals surface area (Å²) in [6.45, 7) is 13.3. The van der Waals surface area contributed by atoms with Gasteiger partial charge in [0.05, 0.1) is 35.1 Å². The van der Waals surface area contributed by atoms with Crippen molar-refractivity contribution in [1.29, 1.82) is 0 Å². The lowest BCUT2D eigenvalue weighted by molar-refractivity contribution is -0.116. The minimum Gasteiger partial charge on any atom is -0.493 e. The van der Waals surface area contributed by atoms with Gasteiger partial charge in [-0.15, -0.1) is 11.3 Å². The molecule has 2 N–H and O–H groups in total. The number of hydrogen-bond donors (Lipinski definition) is 2. The van der Waals surface area contributed by atoms with Gasteiger partial charge in [0.2, 0.25) is 5.91 Å². The molecule has 1 fully saturated rings. The molecule has 63 heavy (non-hydrogen) atoms. The predicted octanol–water partition coefficient (Wildman–Crippen LogP) is 8.32. The highest BCUT2D eigenvalue weighted by molar-refractivity contribution is 7.14. The lowest BCUT2D eigenvalue weighted by Gasteiger charge is -2.20. The summed E-state index contributed by atoms with van der Waals surface area (Å²) in [6.07, 6.45) is 9.21. The highest BCUT2D eigenvalue weighted by atomic mass is 32.1. The summed E-state index contributed by atoms with van der Waals surface area (Å²) in [5, 5.41) is 8.55. The number of Topliss-reactive ketones (excluding diaryl/α,β-unsaturated/α-hetero) is 1. The minimum atomic E-state index is -0.394. The molecule has 2 aromatic carbocycles. The molecule has 4 aromatic heterocycles. The van der Waals surface area contributed by atoms with Gasteiger partial charge in [0.1, 0.15) is 22.8 Å². The summed E-state index contributed by atoms with van der Waals surface area (Å²) < 4.78 is 10.9. The first kappa shape index (κ1) is 42.8. The molecular formula is C48H50N8O6S. The Morgan fingerprint density at radius 1 is 0.968 bits per heavy atom. The van der Waals surface area contributed by atoms with Crippen molar-refractivity contribution < 1.29 is 28.7 Å². The molecule has 0 radical (unpaired) electrons. The molecule has 3 amide bonds. The molecule has 6 heterocycles. The zero-order chi connectivity index (χ0) is 44.7. The van der Waals surface area contributed by atoms with Gasteiger partial charge >= 0.3 is 0 Å². The lowest BCUT2D eigenvalue weighted by Crippen LogP contribution is -2.35. The molecule has 2 aliphatic heterocycles. The summed E-state index contributed by atoms with van der Waals surface area (Å²) >= 11 is 1.16. The second-order valence-corrected chi connectivity index (χ2v) is 18.5. The molecule has 324 valence electrons. The second kappa shape index (κ2) is 17.1. The number of anilines is 2. The second-order valence-electron chi connectivity index (χ2n) is 17.7. The number of aromatic nitrogens is 4. The predicted molar refractivity (Wildman–Crippen MR) is 245 cm³/mol. The van der Waals surface area contributed by atoms with Gasteiger partial charge in [-0.3, -0.25) is 33.5 Å². The van der Waals surface area contributed by atoms with E-state index in [1.165, 1.54) is 5.56 Å². The number of nitrogens with one attached hydrogen (secondary N) is 2. The van der Waals surface area contributed by atoms with Gasteiger partial charge in [-0.05, 0) is 84.7 Å². The summed E-state index contributed by atoms with van der Waals surface area (Å²) in [5.74, 6) is -0.608. The molecule has 8 rings (SSSR count).